The fourth-order valence-corrected chi connectivity index (χ4v) is 6.16. The highest BCUT2D eigenvalue weighted by Gasteiger charge is 2.24. The predicted octanol–water partition coefficient (Wildman–Crippen LogP) is 6.15. The number of ketones is 1. The number of nitrogens with one attached hydrogen (secondary N) is 1. The quantitative estimate of drug-likeness (QED) is 0.148. The van der Waals surface area contributed by atoms with E-state index in [4.69, 9.17) is 39.2 Å². The molecule has 0 atom stereocenters. The second kappa shape index (κ2) is 10.7. The average Bonchev–Trinajstić information content (AvgIpc) is 3.48. The third kappa shape index (κ3) is 6.05. The Balaban J connectivity index is 1.38. The highest BCUT2D eigenvalue weighted by atomic mass is 35.5. The van der Waals surface area contributed by atoms with Crippen molar-refractivity contribution in [2.45, 2.75) is 14.3 Å². The number of carbonyl (C=O) groups excluding carboxylic acids is 2. The van der Waals surface area contributed by atoms with E-state index >= 15 is 0 Å². The first kappa shape index (κ1) is 25.7. The van der Waals surface area contributed by atoms with Gasteiger partial charge in [-0.1, -0.05) is 57.9 Å². The van der Waals surface area contributed by atoms with Gasteiger partial charge in [-0.05, 0) is 54.6 Å². The minimum absolute atomic E-state index is 0.0246. The molecule has 0 saturated heterocycles. The van der Waals surface area contributed by atoms with Gasteiger partial charge in [0.05, 0.1) is 15.7 Å². The molecular weight excluding hydrogens is 577 g/mol. The number of furan rings is 1. The summed E-state index contributed by atoms with van der Waals surface area (Å²) >= 11 is 19.9. The van der Waals surface area contributed by atoms with Crippen molar-refractivity contribution < 1.29 is 22.4 Å². The molecule has 2 aromatic heterocycles. The van der Waals surface area contributed by atoms with E-state index in [9.17, 15) is 18.0 Å². The number of benzene rings is 2. The van der Waals surface area contributed by atoms with Gasteiger partial charge in [-0.2, -0.15) is 0 Å². The fraction of sp³-hybridized carbons (Fsp3) is 0.0476. The number of Topliss-reactive ketones (excluding diaryl/α,β-unsaturated/α-hetero) is 1. The number of nitrogens with zero attached hydrogens (tertiary/aromatic N) is 2. The van der Waals surface area contributed by atoms with E-state index in [0.717, 1.165) is 23.1 Å². The predicted molar refractivity (Wildman–Crippen MR) is 135 cm³/mol. The maximum absolute atomic E-state index is 12.7. The monoisotopic (exact) mass is 587 g/mol. The lowest BCUT2D eigenvalue weighted by atomic mass is 10.1. The summed E-state index contributed by atoms with van der Waals surface area (Å²) in [6, 6.07) is 12.6. The number of aromatic nitrogens is 2. The van der Waals surface area contributed by atoms with Gasteiger partial charge in [-0.3, -0.25) is 14.9 Å². The topological polar surface area (TPSA) is 119 Å². The van der Waals surface area contributed by atoms with Gasteiger partial charge in [0.15, 0.2) is 15.9 Å². The Morgan fingerprint density at radius 1 is 0.971 bits per heavy atom. The summed E-state index contributed by atoms with van der Waals surface area (Å²) in [4.78, 5) is 24.9. The second-order valence-corrected chi connectivity index (χ2v) is 12.1. The molecule has 0 saturated carbocycles. The van der Waals surface area contributed by atoms with Gasteiger partial charge in [0.1, 0.15) is 0 Å². The first-order valence-electron chi connectivity index (χ1n) is 9.50. The third-order valence-corrected chi connectivity index (χ3v) is 8.79. The molecule has 8 nitrogen and oxygen atoms in total. The maximum atomic E-state index is 12.7. The van der Waals surface area contributed by atoms with E-state index < -0.39 is 20.8 Å². The van der Waals surface area contributed by atoms with E-state index in [2.05, 4.69) is 15.5 Å². The van der Waals surface area contributed by atoms with Crippen molar-refractivity contribution in [3.05, 3.63) is 81.0 Å². The van der Waals surface area contributed by atoms with Crippen molar-refractivity contribution in [3.63, 3.8) is 0 Å². The molecule has 180 valence electrons. The van der Waals surface area contributed by atoms with Crippen molar-refractivity contribution >= 4 is 84.6 Å². The number of sulfone groups is 1. The number of rotatable bonds is 8. The van der Waals surface area contributed by atoms with E-state index in [0.29, 0.717) is 19.9 Å². The van der Waals surface area contributed by atoms with Crippen molar-refractivity contribution in [1.29, 1.82) is 0 Å². The Kier molecular flexibility index (Phi) is 7.84. The smallest absolute Gasteiger partial charge is 0.293 e. The molecule has 35 heavy (non-hydrogen) atoms. The van der Waals surface area contributed by atoms with Crippen LogP contribution in [0.15, 0.2) is 73.3 Å². The minimum Gasteiger partial charge on any atom is -0.439 e. The molecule has 0 unspecified atom stereocenters. The largest absolute Gasteiger partial charge is 0.439 e. The average molecular weight is 589 g/mol. The molecule has 4 aromatic rings. The Labute approximate surface area is 222 Å². The van der Waals surface area contributed by atoms with Crippen LogP contribution in [0.2, 0.25) is 15.1 Å². The SMILES string of the molecule is O=C(Nc1nnc(SCC(=O)c2ccc(Cl)cc2Cl)s1)c1ccc(S(=O)(=O)c2ccc(Cl)cc2)o1. The van der Waals surface area contributed by atoms with Crippen molar-refractivity contribution in [1.82, 2.24) is 10.2 Å². The molecule has 0 aliphatic carbocycles. The molecule has 4 rings (SSSR count). The van der Waals surface area contributed by atoms with Gasteiger partial charge in [-0.25, -0.2) is 8.42 Å². The van der Waals surface area contributed by atoms with Crippen molar-refractivity contribution in [2.24, 2.45) is 0 Å². The molecule has 1 amide bonds. The number of thioether (sulfide) groups is 1. The van der Waals surface area contributed by atoms with Gasteiger partial charge in [0.25, 0.3) is 5.91 Å². The van der Waals surface area contributed by atoms with E-state index in [1.54, 1.807) is 12.1 Å². The van der Waals surface area contributed by atoms with Gasteiger partial charge in [-0.15, -0.1) is 10.2 Å². The zero-order chi connectivity index (χ0) is 25.2. The van der Waals surface area contributed by atoms with Crippen LogP contribution >= 0.6 is 57.9 Å². The third-order valence-electron chi connectivity index (χ3n) is 4.38. The summed E-state index contributed by atoms with van der Waals surface area (Å²) in [5.74, 6) is -1.11. The lowest BCUT2D eigenvalue weighted by molar-refractivity contribution is 0.0989. The van der Waals surface area contributed by atoms with Crippen LogP contribution in [0.5, 0.6) is 0 Å². The number of halogens is 3. The zero-order valence-electron chi connectivity index (χ0n) is 17.2. The van der Waals surface area contributed by atoms with Gasteiger partial charge in [0.2, 0.25) is 20.1 Å². The van der Waals surface area contributed by atoms with Crippen LogP contribution in [-0.2, 0) is 9.84 Å². The first-order valence-corrected chi connectivity index (χ1v) is 13.9. The highest BCUT2D eigenvalue weighted by molar-refractivity contribution is 8.01. The van der Waals surface area contributed by atoms with Crippen LogP contribution in [0.25, 0.3) is 0 Å². The Hall–Kier alpha value is -2.41. The zero-order valence-corrected chi connectivity index (χ0v) is 21.9. The molecule has 14 heteroatoms. The summed E-state index contributed by atoms with van der Waals surface area (Å²) in [6.07, 6.45) is 0. The Morgan fingerprint density at radius 2 is 1.69 bits per heavy atom. The number of anilines is 1. The summed E-state index contributed by atoms with van der Waals surface area (Å²) in [6.45, 7) is 0. The van der Waals surface area contributed by atoms with E-state index in [1.165, 1.54) is 42.5 Å². The second-order valence-electron chi connectivity index (χ2n) is 6.74. The van der Waals surface area contributed by atoms with Crippen molar-refractivity contribution in [3.8, 4) is 0 Å². The molecule has 1 N–H and O–H groups in total. The number of hydrogen-bond acceptors (Lipinski definition) is 9. The number of carbonyl (C=O) groups is 2. The number of amides is 1. The molecule has 0 spiro atoms. The normalized spacial score (nSPS) is 11.4. The van der Waals surface area contributed by atoms with E-state index in [1.807, 2.05) is 0 Å². The Bertz CT molecular complexity index is 1520. The molecule has 0 bridgehead atoms. The molecule has 0 aliphatic heterocycles. The summed E-state index contributed by atoms with van der Waals surface area (Å²) in [5, 5.41) is 11.1. The molecular formula is C21H12Cl3N3O5S3. The lowest BCUT2D eigenvalue weighted by Gasteiger charge is -2.02. The number of hydrogen-bond donors (Lipinski definition) is 1. The van der Waals surface area contributed by atoms with Crippen LogP contribution in [0.3, 0.4) is 0 Å². The molecule has 0 radical (unpaired) electrons. The van der Waals surface area contributed by atoms with Gasteiger partial charge in [0, 0.05) is 15.6 Å². The maximum Gasteiger partial charge on any atom is 0.293 e. The first-order chi connectivity index (χ1) is 16.6. The standard InChI is InChI=1S/C21H12Cl3N3O5S3/c22-11-1-4-13(5-2-11)35(30,31)18-8-7-17(32-18)19(29)25-20-26-27-21(34-20)33-10-16(28)14-6-3-12(23)9-15(14)24/h1-9H,10H2,(H,25,26,29). The summed E-state index contributed by atoms with van der Waals surface area (Å²) < 4.78 is 31.1. The highest BCUT2D eigenvalue weighted by Crippen LogP contribution is 2.29. The van der Waals surface area contributed by atoms with Crippen LogP contribution in [0.4, 0.5) is 5.13 Å². The van der Waals surface area contributed by atoms with Crippen molar-refractivity contribution in [2.75, 3.05) is 11.1 Å². The van der Waals surface area contributed by atoms with Gasteiger partial charge >= 0.3 is 0 Å². The minimum atomic E-state index is -3.96. The van der Waals surface area contributed by atoms with Gasteiger partial charge < -0.3 is 4.42 Å². The van der Waals surface area contributed by atoms with Crippen LogP contribution in [0, 0.1) is 0 Å². The Morgan fingerprint density at radius 3 is 2.40 bits per heavy atom. The summed E-state index contributed by atoms with van der Waals surface area (Å²) in [7, 11) is -3.96. The lowest BCUT2D eigenvalue weighted by Crippen LogP contribution is -2.10. The van der Waals surface area contributed by atoms with Crippen LogP contribution < -0.4 is 5.32 Å². The molecule has 0 aliphatic rings. The molecule has 2 aromatic carbocycles. The van der Waals surface area contributed by atoms with Crippen LogP contribution in [0.1, 0.15) is 20.9 Å². The van der Waals surface area contributed by atoms with Crippen LogP contribution in [-0.4, -0.2) is 36.1 Å². The fourth-order valence-electron chi connectivity index (χ4n) is 2.71. The molecule has 2 heterocycles. The van der Waals surface area contributed by atoms with E-state index in [-0.39, 0.29) is 32.3 Å². The molecule has 0 fully saturated rings. The summed E-state index contributed by atoms with van der Waals surface area (Å²) in [5.41, 5.74) is 0.337.